The lowest BCUT2D eigenvalue weighted by Crippen LogP contribution is -2.30. The van der Waals surface area contributed by atoms with Crippen LogP contribution in [-0.2, 0) is 16.0 Å². The number of ether oxygens (including phenoxy) is 1. The fourth-order valence-electron chi connectivity index (χ4n) is 1.94. The first-order valence-corrected chi connectivity index (χ1v) is 6.43. The lowest BCUT2D eigenvalue weighted by Gasteiger charge is -2.19. The van der Waals surface area contributed by atoms with E-state index in [1.54, 1.807) is 12.1 Å². The standard InChI is InChI=1S/C14H20N2O4/c1-11(14(17)20-3)10-15(2)9-8-12-4-6-13(7-5-12)16(18)19/h4-7,11H,8-10H2,1-3H3. The van der Waals surface area contributed by atoms with Crippen LogP contribution in [0, 0.1) is 16.0 Å². The molecule has 0 saturated carbocycles. The Labute approximate surface area is 118 Å². The van der Waals surface area contributed by atoms with E-state index in [4.69, 9.17) is 0 Å². The Hall–Kier alpha value is -1.95. The van der Waals surface area contributed by atoms with Gasteiger partial charge in [0.05, 0.1) is 18.0 Å². The van der Waals surface area contributed by atoms with Gasteiger partial charge in [-0.05, 0) is 19.0 Å². The molecule has 0 saturated heterocycles. The summed E-state index contributed by atoms with van der Waals surface area (Å²) in [6.07, 6.45) is 0.780. The summed E-state index contributed by atoms with van der Waals surface area (Å²) in [6.45, 7) is 3.23. The van der Waals surface area contributed by atoms with Crippen LogP contribution in [0.25, 0.3) is 0 Å². The molecule has 0 heterocycles. The molecule has 0 aliphatic heterocycles. The number of nitrogens with zero attached hydrogens (tertiary/aromatic N) is 2. The van der Waals surface area contributed by atoms with Gasteiger partial charge in [-0.15, -0.1) is 0 Å². The zero-order valence-corrected chi connectivity index (χ0v) is 12.0. The molecule has 1 rings (SSSR count). The molecule has 1 aromatic carbocycles. The maximum absolute atomic E-state index is 11.3. The minimum absolute atomic E-state index is 0.0985. The first-order valence-electron chi connectivity index (χ1n) is 6.43. The quantitative estimate of drug-likeness (QED) is 0.433. The van der Waals surface area contributed by atoms with Crippen molar-refractivity contribution in [2.45, 2.75) is 13.3 Å². The Morgan fingerprint density at radius 2 is 2.00 bits per heavy atom. The number of hydrogen-bond acceptors (Lipinski definition) is 5. The van der Waals surface area contributed by atoms with Crippen molar-refractivity contribution in [1.29, 1.82) is 0 Å². The van der Waals surface area contributed by atoms with Gasteiger partial charge in [-0.1, -0.05) is 19.1 Å². The number of non-ortho nitro benzene ring substituents is 1. The molecule has 0 aliphatic carbocycles. The molecular weight excluding hydrogens is 260 g/mol. The fraction of sp³-hybridized carbons (Fsp3) is 0.500. The van der Waals surface area contributed by atoms with Crippen LogP contribution in [0.15, 0.2) is 24.3 Å². The minimum Gasteiger partial charge on any atom is -0.469 e. The van der Waals surface area contributed by atoms with Gasteiger partial charge in [-0.3, -0.25) is 14.9 Å². The first kappa shape index (κ1) is 16.1. The molecule has 0 radical (unpaired) electrons. The van der Waals surface area contributed by atoms with E-state index in [0.717, 1.165) is 18.5 Å². The normalized spacial score (nSPS) is 12.2. The number of nitro benzene ring substituents is 1. The number of hydrogen-bond donors (Lipinski definition) is 0. The van der Waals surface area contributed by atoms with E-state index in [-0.39, 0.29) is 17.6 Å². The fourth-order valence-corrected chi connectivity index (χ4v) is 1.94. The van der Waals surface area contributed by atoms with Gasteiger partial charge >= 0.3 is 5.97 Å². The molecule has 20 heavy (non-hydrogen) atoms. The SMILES string of the molecule is COC(=O)C(C)CN(C)CCc1ccc([N+](=O)[O-])cc1. The van der Waals surface area contributed by atoms with Gasteiger partial charge in [0.15, 0.2) is 0 Å². The van der Waals surface area contributed by atoms with Crippen LogP contribution >= 0.6 is 0 Å². The van der Waals surface area contributed by atoms with E-state index in [1.807, 2.05) is 18.9 Å². The summed E-state index contributed by atoms with van der Waals surface area (Å²) in [6, 6.07) is 6.53. The smallest absolute Gasteiger partial charge is 0.309 e. The second kappa shape index (κ2) is 7.59. The highest BCUT2D eigenvalue weighted by molar-refractivity contribution is 5.72. The summed E-state index contributed by atoms with van der Waals surface area (Å²) in [5.41, 5.74) is 1.13. The minimum atomic E-state index is -0.409. The monoisotopic (exact) mass is 280 g/mol. The molecule has 6 nitrogen and oxygen atoms in total. The second-order valence-electron chi connectivity index (χ2n) is 4.86. The van der Waals surface area contributed by atoms with Crippen molar-refractivity contribution in [3.05, 3.63) is 39.9 Å². The molecule has 0 fully saturated rings. The summed E-state index contributed by atoms with van der Waals surface area (Å²) in [4.78, 5) is 23.5. The third-order valence-electron chi connectivity index (χ3n) is 3.12. The third-order valence-corrected chi connectivity index (χ3v) is 3.12. The van der Waals surface area contributed by atoms with Crippen molar-refractivity contribution in [2.24, 2.45) is 5.92 Å². The van der Waals surface area contributed by atoms with Crippen LogP contribution in [0.1, 0.15) is 12.5 Å². The first-order chi connectivity index (χ1) is 9.43. The Bertz CT molecular complexity index is 459. The summed E-state index contributed by atoms with van der Waals surface area (Å²) < 4.78 is 4.68. The summed E-state index contributed by atoms with van der Waals surface area (Å²) in [5.74, 6) is -0.381. The predicted molar refractivity (Wildman–Crippen MR) is 75.5 cm³/mol. The largest absolute Gasteiger partial charge is 0.469 e. The number of likely N-dealkylation sites (N-methyl/N-ethyl adjacent to an activating group) is 1. The van der Waals surface area contributed by atoms with E-state index in [9.17, 15) is 14.9 Å². The van der Waals surface area contributed by atoms with Gasteiger partial charge in [0, 0.05) is 25.2 Å². The Kier molecular flexibility index (Phi) is 6.11. The van der Waals surface area contributed by atoms with Gasteiger partial charge in [-0.2, -0.15) is 0 Å². The van der Waals surface area contributed by atoms with Crippen LogP contribution in [0.2, 0.25) is 0 Å². The lowest BCUT2D eigenvalue weighted by molar-refractivity contribution is -0.384. The number of rotatable bonds is 7. The molecule has 0 bridgehead atoms. The van der Waals surface area contributed by atoms with E-state index in [0.29, 0.717) is 6.54 Å². The van der Waals surface area contributed by atoms with Gasteiger partial charge in [0.1, 0.15) is 0 Å². The van der Waals surface area contributed by atoms with Crippen molar-refractivity contribution < 1.29 is 14.5 Å². The van der Waals surface area contributed by atoms with Crippen LogP contribution < -0.4 is 0 Å². The summed E-state index contributed by atoms with van der Waals surface area (Å²) in [7, 11) is 3.32. The topological polar surface area (TPSA) is 72.7 Å². The van der Waals surface area contributed by atoms with Crippen molar-refractivity contribution in [3.63, 3.8) is 0 Å². The van der Waals surface area contributed by atoms with Gasteiger partial charge in [0.2, 0.25) is 0 Å². The van der Waals surface area contributed by atoms with E-state index in [1.165, 1.54) is 19.2 Å². The van der Waals surface area contributed by atoms with Crippen LogP contribution in [0.3, 0.4) is 0 Å². The molecule has 110 valence electrons. The van der Waals surface area contributed by atoms with Gasteiger partial charge in [-0.25, -0.2) is 0 Å². The lowest BCUT2D eigenvalue weighted by atomic mass is 10.1. The molecule has 1 unspecified atom stereocenters. The number of carbonyl (C=O) groups excluding carboxylic acids is 1. The average Bonchev–Trinajstić information content (AvgIpc) is 2.44. The molecule has 1 aromatic rings. The highest BCUT2D eigenvalue weighted by Gasteiger charge is 2.15. The highest BCUT2D eigenvalue weighted by atomic mass is 16.6. The van der Waals surface area contributed by atoms with E-state index < -0.39 is 4.92 Å². The molecule has 0 aromatic heterocycles. The maximum Gasteiger partial charge on any atom is 0.309 e. The Balaban J connectivity index is 2.42. The second-order valence-corrected chi connectivity index (χ2v) is 4.86. The van der Waals surface area contributed by atoms with E-state index in [2.05, 4.69) is 4.74 Å². The Morgan fingerprint density at radius 3 is 2.50 bits per heavy atom. The van der Waals surface area contributed by atoms with Crippen LogP contribution in [0.5, 0.6) is 0 Å². The van der Waals surface area contributed by atoms with E-state index >= 15 is 0 Å². The average molecular weight is 280 g/mol. The molecule has 0 amide bonds. The van der Waals surface area contributed by atoms with Crippen molar-refractivity contribution >= 4 is 11.7 Å². The molecule has 0 aliphatic rings. The number of methoxy groups -OCH3 is 1. The van der Waals surface area contributed by atoms with Gasteiger partial charge < -0.3 is 9.64 Å². The number of nitro groups is 1. The van der Waals surface area contributed by atoms with Crippen LogP contribution in [-0.4, -0.2) is 43.0 Å². The molecular formula is C14H20N2O4. The summed E-state index contributed by atoms with van der Waals surface area (Å²) in [5, 5.41) is 10.5. The van der Waals surface area contributed by atoms with Crippen molar-refractivity contribution in [2.75, 3.05) is 27.2 Å². The Morgan fingerprint density at radius 1 is 1.40 bits per heavy atom. The number of benzene rings is 1. The molecule has 1 atom stereocenters. The zero-order valence-electron chi connectivity index (χ0n) is 12.0. The predicted octanol–water partition coefficient (Wildman–Crippen LogP) is 1.88. The highest BCUT2D eigenvalue weighted by Crippen LogP contribution is 2.12. The summed E-state index contributed by atoms with van der Waals surface area (Å²) >= 11 is 0. The number of carbonyl (C=O) groups is 1. The van der Waals surface area contributed by atoms with Crippen LogP contribution in [0.4, 0.5) is 5.69 Å². The van der Waals surface area contributed by atoms with Crippen molar-refractivity contribution in [1.82, 2.24) is 4.90 Å². The third kappa shape index (κ3) is 4.97. The van der Waals surface area contributed by atoms with Gasteiger partial charge in [0.25, 0.3) is 5.69 Å². The molecule has 6 heteroatoms. The maximum atomic E-state index is 11.3. The molecule has 0 spiro atoms. The zero-order chi connectivity index (χ0) is 15.1. The van der Waals surface area contributed by atoms with Crippen molar-refractivity contribution in [3.8, 4) is 0 Å². The number of esters is 1. The molecule has 0 N–H and O–H groups in total.